The van der Waals surface area contributed by atoms with Crippen LogP contribution in [0.3, 0.4) is 0 Å². The van der Waals surface area contributed by atoms with E-state index in [0.717, 1.165) is 0 Å². The number of carbonyl (C=O) groups is 3. The minimum absolute atomic E-state index is 0.0869. The van der Waals surface area contributed by atoms with Crippen molar-refractivity contribution in [1.82, 2.24) is 9.80 Å². The summed E-state index contributed by atoms with van der Waals surface area (Å²) in [7, 11) is 1.51. The molecule has 0 bridgehead atoms. The molecule has 17 heavy (non-hydrogen) atoms. The number of imide groups is 1. The molecule has 94 valence electrons. The summed E-state index contributed by atoms with van der Waals surface area (Å²) < 4.78 is 0. The van der Waals surface area contributed by atoms with Crippen LogP contribution in [0.25, 0.3) is 0 Å². The number of primary amides is 1. The van der Waals surface area contributed by atoms with E-state index >= 15 is 0 Å². The molecular weight excluding hydrogens is 222 g/mol. The van der Waals surface area contributed by atoms with Crippen molar-refractivity contribution in [3.8, 4) is 0 Å². The Labute approximate surface area is 99.7 Å². The molecule has 0 spiro atoms. The van der Waals surface area contributed by atoms with Crippen LogP contribution in [0.1, 0.15) is 19.3 Å². The highest BCUT2D eigenvalue weighted by Gasteiger charge is 2.41. The maximum Gasteiger partial charge on any atom is 0.246 e. The van der Waals surface area contributed by atoms with Crippen LogP contribution in [0.2, 0.25) is 0 Å². The highest BCUT2D eigenvalue weighted by atomic mass is 16.2. The first kappa shape index (κ1) is 12.0. The average Bonchev–Trinajstić information content (AvgIpc) is 2.57. The van der Waals surface area contributed by atoms with Gasteiger partial charge in [-0.25, -0.2) is 0 Å². The number of rotatable bonds is 2. The van der Waals surface area contributed by atoms with E-state index in [2.05, 4.69) is 0 Å². The van der Waals surface area contributed by atoms with Crippen molar-refractivity contribution in [2.75, 3.05) is 20.1 Å². The van der Waals surface area contributed by atoms with Crippen molar-refractivity contribution in [3.05, 3.63) is 0 Å². The highest BCUT2D eigenvalue weighted by Crippen LogP contribution is 2.23. The first-order chi connectivity index (χ1) is 8.00. The van der Waals surface area contributed by atoms with Gasteiger partial charge >= 0.3 is 0 Å². The quantitative estimate of drug-likeness (QED) is 0.623. The van der Waals surface area contributed by atoms with Gasteiger partial charge in [0.1, 0.15) is 0 Å². The molecule has 0 radical (unpaired) electrons. The summed E-state index contributed by atoms with van der Waals surface area (Å²) in [6.45, 7) is 1.32. The zero-order valence-electron chi connectivity index (χ0n) is 9.89. The molecule has 2 aliphatic heterocycles. The third-order valence-corrected chi connectivity index (χ3v) is 3.73. The summed E-state index contributed by atoms with van der Waals surface area (Å²) in [5, 5.41) is 0. The van der Waals surface area contributed by atoms with Gasteiger partial charge in [0.2, 0.25) is 17.7 Å². The maximum atomic E-state index is 11.8. The second kappa shape index (κ2) is 4.44. The predicted molar refractivity (Wildman–Crippen MR) is 59.7 cm³/mol. The van der Waals surface area contributed by atoms with Crippen LogP contribution in [0.5, 0.6) is 0 Å². The molecule has 3 amide bonds. The van der Waals surface area contributed by atoms with E-state index in [1.807, 2.05) is 4.90 Å². The predicted octanol–water partition coefficient (Wildman–Crippen LogP) is -1.06. The summed E-state index contributed by atoms with van der Waals surface area (Å²) >= 11 is 0. The average molecular weight is 239 g/mol. The first-order valence-corrected chi connectivity index (χ1v) is 5.84. The molecule has 0 unspecified atom stereocenters. The topological polar surface area (TPSA) is 83.7 Å². The molecule has 2 rings (SSSR count). The smallest absolute Gasteiger partial charge is 0.246 e. The molecule has 6 heteroatoms. The number of hydrogen-bond donors (Lipinski definition) is 1. The minimum atomic E-state index is -0.332. The fraction of sp³-hybridized carbons (Fsp3) is 0.727. The Balaban J connectivity index is 1.96. The monoisotopic (exact) mass is 239 g/mol. The summed E-state index contributed by atoms with van der Waals surface area (Å²) in [5.41, 5.74) is 5.25. The Hall–Kier alpha value is -1.43. The minimum Gasteiger partial charge on any atom is -0.369 e. The van der Waals surface area contributed by atoms with E-state index in [0.29, 0.717) is 25.9 Å². The van der Waals surface area contributed by atoms with Gasteiger partial charge in [-0.1, -0.05) is 0 Å². The highest BCUT2D eigenvalue weighted by molar-refractivity contribution is 6.05. The molecule has 6 nitrogen and oxygen atoms in total. The van der Waals surface area contributed by atoms with Gasteiger partial charge in [-0.2, -0.15) is 0 Å². The summed E-state index contributed by atoms with van der Waals surface area (Å²) in [5.74, 6) is -0.615. The lowest BCUT2D eigenvalue weighted by atomic mass is 9.95. The van der Waals surface area contributed by atoms with Gasteiger partial charge < -0.3 is 5.73 Å². The van der Waals surface area contributed by atoms with Crippen molar-refractivity contribution in [3.63, 3.8) is 0 Å². The van der Waals surface area contributed by atoms with Gasteiger partial charge in [0, 0.05) is 13.0 Å². The summed E-state index contributed by atoms with van der Waals surface area (Å²) in [4.78, 5) is 37.4. The van der Waals surface area contributed by atoms with E-state index in [4.69, 9.17) is 5.73 Å². The van der Waals surface area contributed by atoms with E-state index in [9.17, 15) is 14.4 Å². The largest absolute Gasteiger partial charge is 0.369 e. The van der Waals surface area contributed by atoms with E-state index in [-0.39, 0.29) is 36.1 Å². The molecule has 2 saturated heterocycles. The fourth-order valence-electron chi connectivity index (χ4n) is 2.52. The van der Waals surface area contributed by atoms with Crippen molar-refractivity contribution in [2.24, 2.45) is 11.7 Å². The molecule has 0 aromatic rings. The Morgan fingerprint density at radius 3 is 2.29 bits per heavy atom. The Kier molecular flexibility index (Phi) is 3.15. The number of carbonyl (C=O) groups excluding carboxylic acids is 3. The SMILES string of the molecule is CN1C(=O)C[C@@H](N2CCC(C(N)=O)CC2)C1=O. The molecule has 0 aliphatic carbocycles. The first-order valence-electron chi connectivity index (χ1n) is 5.84. The van der Waals surface area contributed by atoms with Gasteiger partial charge in [0.05, 0.1) is 12.5 Å². The maximum absolute atomic E-state index is 11.8. The third kappa shape index (κ3) is 2.17. The molecule has 2 aliphatic rings. The Morgan fingerprint density at radius 2 is 1.88 bits per heavy atom. The summed E-state index contributed by atoms with van der Waals surface area (Å²) in [6.07, 6.45) is 1.62. The van der Waals surface area contributed by atoms with Crippen LogP contribution in [-0.4, -0.2) is 53.7 Å². The van der Waals surface area contributed by atoms with Crippen molar-refractivity contribution in [1.29, 1.82) is 0 Å². The van der Waals surface area contributed by atoms with Gasteiger partial charge in [-0.3, -0.25) is 24.2 Å². The number of likely N-dealkylation sites (tertiary alicyclic amines) is 2. The van der Waals surface area contributed by atoms with Crippen LogP contribution >= 0.6 is 0 Å². The second-order valence-corrected chi connectivity index (χ2v) is 4.72. The normalized spacial score (nSPS) is 27.8. The van der Waals surface area contributed by atoms with Crippen molar-refractivity contribution in [2.45, 2.75) is 25.3 Å². The van der Waals surface area contributed by atoms with Crippen molar-refractivity contribution >= 4 is 17.7 Å². The zero-order chi connectivity index (χ0) is 12.6. The lowest BCUT2D eigenvalue weighted by Crippen LogP contribution is -2.47. The lowest BCUT2D eigenvalue weighted by molar-refractivity contribution is -0.138. The van der Waals surface area contributed by atoms with Gasteiger partial charge in [0.25, 0.3) is 0 Å². The van der Waals surface area contributed by atoms with Crippen LogP contribution in [0.15, 0.2) is 0 Å². The number of nitrogens with two attached hydrogens (primary N) is 1. The van der Waals surface area contributed by atoms with Crippen LogP contribution in [0, 0.1) is 5.92 Å². The number of amides is 3. The van der Waals surface area contributed by atoms with E-state index in [1.54, 1.807) is 0 Å². The summed E-state index contributed by atoms with van der Waals surface area (Å²) in [6, 6.07) is -0.332. The van der Waals surface area contributed by atoms with Gasteiger partial charge in [-0.15, -0.1) is 0 Å². The van der Waals surface area contributed by atoms with Gasteiger partial charge in [0.15, 0.2) is 0 Å². The molecule has 2 fully saturated rings. The molecular formula is C11H17N3O3. The van der Waals surface area contributed by atoms with E-state index < -0.39 is 0 Å². The van der Waals surface area contributed by atoms with Gasteiger partial charge in [-0.05, 0) is 25.9 Å². The van der Waals surface area contributed by atoms with Crippen LogP contribution < -0.4 is 5.73 Å². The Bertz CT molecular complexity index is 361. The number of likely N-dealkylation sites (N-methyl/N-ethyl adjacent to an activating group) is 1. The molecule has 1 atom stereocenters. The number of piperidine rings is 1. The van der Waals surface area contributed by atoms with Crippen LogP contribution in [0.4, 0.5) is 0 Å². The van der Waals surface area contributed by atoms with E-state index in [1.165, 1.54) is 11.9 Å². The number of hydrogen-bond acceptors (Lipinski definition) is 4. The van der Waals surface area contributed by atoms with Crippen LogP contribution in [-0.2, 0) is 14.4 Å². The standard InChI is InChI=1S/C11H17N3O3/c1-13-9(15)6-8(11(13)17)14-4-2-7(3-5-14)10(12)16/h7-8H,2-6H2,1H3,(H2,12,16)/t8-/m1/s1. The Morgan fingerprint density at radius 1 is 1.29 bits per heavy atom. The molecule has 0 aromatic carbocycles. The molecule has 0 saturated carbocycles. The fourth-order valence-corrected chi connectivity index (χ4v) is 2.52. The van der Waals surface area contributed by atoms with Crippen molar-refractivity contribution < 1.29 is 14.4 Å². The third-order valence-electron chi connectivity index (χ3n) is 3.73. The second-order valence-electron chi connectivity index (χ2n) is 4.72. The zero-order valence-corrected chi connectivity index (χ0v) is 9.89. The molecule has 2 N–H and O–H groups in total. The lowest BCUT2D eigenvalue weighted by Gasteiger charge is -2.33. The number of nitrogens with zero attached hydrogens (tertiary/aromatic N) is 2. The molecule has 2 heterocycles. The molecule has 0 aromatic heterocycles.